The molecule has 1 N–H and O–H groups in total. The lowest BCUT2D eigenvalue weighted by atomic mass is 9.99. The van der Waals surface area contributed by atoms with E-state index in [0.29, 0.717) is 30.2 Å². The van der Waals surface area contributed by atoms with Crippen LogP contribution in [0.1, 0.15) is 30.1 Å². The summed E-state index contributed by atoms with van der Waals surface area (Å²) in [5, 5.41) is 8.31. The molecule has 12 heteroatoms. The van der Waals surface area contributed by atoms with Crippen LogP contribution < -0.4 is 5.56 Å². The molecule has 4 aromatic rings. The first-order valence-corrected chi connectivity index (χ1v) is 12.5. The molecule has 5 rings (SSSR count). The molecule has 1 fully saturated rings. The van der Waals surface area contributed by atoms with Crippen molar-refractivity contribution in [2.45, 2.75) is 30.2 Å². The molecule has 2 aromatic carbocycles. The highest BCUT2D eigenvalue weighted by atomic mass is 35.5. The van der Waals surface area contributed by atoms with E-state index < -0.39 is 15.6 Å². The Kier molecular flexibility index (Phi) is 5.92. The first-order valence-electron chi connectivity index (χ1n) is 10.6. The minimum atomic E-state index is -3.75. The molecule has 1 aliphatic rings. The summed E-state index contributed by atoms with van der Waals surface area (Å²) in [4.78, 5) is 20.2. The first kappa shape index (κ1) is 22.6. The maximum absolute atomic E-state index is 13.2. The fourth-order valence-electron chi connectivity index (χ4n) is 4.11. The summed E-state index contributed by atoms with van der Waals surface area (Å²) in [5.41, 5.74) is 0.705. The smallest absolute Gasteiger partial charge is 0.281 e. The zero-order valence-electron chi connectivity index (χ0n) is 17.9. The van der Waals surface area contributed by atoms with E-state index in [1.807, 2.05) is 0 Å². The SMILES string of the molecule is O=c1[nH]c(C2CCCN(S(=O)(=O)c3cccc(Cl)c3)C2)nc2c1nnn2Cc1ccc(F)cc1. The number of aromatic nitrogens is 5. The molecule has 0 bridgehead atoms. The van der Waals surface area contributed by atoms with Gasteiger partial charge < -0.3 is 4.98 Å². The summed E-state index contributed by atoms with van der Waals surface area (Å²) >= 11 is 5.99. The van der Waals surface area contributed by atoms with Gasteiger partial charge in [0, 0.05) is 24.0 Å². The summed E-state index contributed by atoms with van der Waals surface area (Å²) in [6.45, 7) is 0.789. The number of H-pyrrole nitrogens is 1. The largest absolute Gasteiger partial charge is 0.308 e. The van der Waals surface area contributed by atoms with Crippen LogP contribution in [0.4, 0.5) is 4.39 Å². The zero-order valence-corrected chi connectivity index (χ0v) is 19.4. The maximum atomic E-state index is 13.2. The number of benzene rings is 2. The Labute approximate surface area is 199 Å². The molecule has 0 saturated carbocycles. The average Bonchev–Trinajstić information content (AvgIpc) is 3.24. The third-order valence-electron chi connectivity index (χ3n) is 5.84. The minimum Gasteiger partial charge on any atom is -0.308 e. The summed E-state index contributed by atoms with van der Waals surface area (Å²) in [5.74, 6) is -0.279. The fraction of sp³-hybridized carbons (Fsp3) is 0.273. The van der Waals surface area contributed by atoms with Gasteiger partial charge >= 0.3 is 0 Å². The third-order valence-corrected chi connectivity index (χ3v) is 7.94. The van der Waals surface area contributed by atoms with Crippen LogP contribution in [0.2, 0.25) is 5.02 Å². The van der Waals surface area contributed by atoms with E-state index in [1.54, 1.807) is 24.3 Å². The lowest BCUT2D eigenvalue weighted by Gasteiger charge is -2.31. The first-order chi connectivity index (χ1) is 16.3. The molecule has 0 radical (unpaired) electrons. The van der Waals surface area contributed by atoms with Crippen molar-refractivity contribution in [3.63, 3.8) is 0 Å². The van der Waals surface area contributed by atoms with Crippen LogP contribution in [-0.2, 0) is 16.6 Å². The number of fused-ring (bicyclic) bond motifs is 1. The molecular formula is C22H20ClFN6O3S. The summed E-state index contributed by atoms with van der Waals surface area (Å²) in [7, 11) is -3.75. The van der Waals surface area contributed by atoms with Crippen LogP contribution >= 0.6 is 11.6 Å². The van der Waals surface area contributed by atoms with E-state index in [-0.39, 0.29) is 40.9 Å². The second-order valence-corrected chi connectivity index (χ2v) is 10.5. The van der Waals surface area contributed by atoms with E-state index in [0.717, 1.165) is 5.56 Å². The molecule has 0 aliphatic carbocycles. The number of nitrogens with one attached hydrogen (secondary N) is 1. The molecule has 2 aromatic heterocycles. The molecule has 9 nitrogen and oxygen atoms in total. The number of hydrogen-bond donors (Lipinski definition) is 1. The monoisotopic (exact) mass is 502 g/mol. The predicted octanol–water partition coefficient (Wildman–Crippen LogP) is 2.92. The van der Waals surface area contributed by atoms with E-state index in [1.165, 1.54) is 33.3 Å². The number of nitrogens with zero attached hydrogens (tertiary/aromatic N) is 5. The van der Waals surface area contributed by atoms with Crippen molar-refractivity contribution in [1.29, 1.82) is 0 Å². The van der Waals surface area contributed by atoms with Crippen LogP contribution in [0, 0.1) is 5.82 Å². The van der Waals surface area contributed by atoms with E-state index in [2.05, 4.69) is 20.3 Å². The van der Waals surface area contributed by atoms with E-state index in [9.17, 15) is 17.6 Å². The van der Waals surface area contributed by atoms with Gasteiger partial charge in [0.05, 0.1) is 11.4 Å². The Hall–Kier alpha value is -3.15. The van der Waals surface area contributed by atoms with Crippen molar-refractivity contribution in [1.82, 2.24) is 29.3 Å². The number of rotatable bonds is 5. The molecule has 1 atom stereocenters. The van der Waals surface area contributed by atoms with E-state index >= 15 is 0 Å². The van der Waals surface area contributed by atoms with Gasteiger partial charge in [-0.2, -0.15) is 4.31 Å². The van der Waals surface area contributed by atoms with Crippen molar-refractivity contribution in [2.75, 3.05) is 13.1 Å². The summed E-state index contributed by atoms with van der Waals surface area (Å²) < 4.78 is 42.4. The molecule has 176 valence electrons. The molecule has 1 aliphatic heterocycles. The van der Waals surface area contributed by atoms with Crippen LogP contribution in [0.15, 0.2) is 58.2 Å². The highest BCUT2D eigenvalue weighted by Gasteiger charge is 2.32. The van der Waals surface area contributed by atoms with Crippen molar-refractivity contribution >= 4 is 32.8 Å². The van der Waals surface area contributed by atoms with Crippen molar-refractivity contribution < 1.29 is 12.8 Å². The van der Waals surface area contributed by atoms with Gasteiger partial charge in [-0.3, -0.25) is 4.79 Å². The maximum Gasteiger partial charge on any atom is 0.281 e. The number of aromatic amines is 1. The number of hydrogen-bond acceptors (Lipinski definition) is 6. The van der Waals surface area contributed by atoms with Crippen molar-refractivity contribution in [3.05, 3.63) is 81.1 Å². The lowest BCUT2D eigenvalue weighted by Crippen LogP contribution is -2.39. The number of halogens is 2. The fourth-order valence-corrected chi connectivity index (χ4v) is 5.93. The topological polar surface area (TPSA) is 114 Å². The quantitative estimate of drug-likeness (QED) is 0.449. The second kappa shape index (κ2) is 8.90. The van der Waals surface area contributed by atoms with Gasteiger partial charge in [0.1, 0.15) is 11.6 Å². The number of sulfonamides is 1. The molecular weight excluding hydrogens is 483 g/mol. The normalized spacial score (nSPS) is 17.3. The van der Waals surface area contributed by atoms with Crippen LogP contribution in [0.5, 0.6) is 0 Å². The molecule has 1 saturated heterocycles. The summed E-state index contributed by atoms with van der Waals surface area (Å²) in [6.07, 6.45) is 1.27. The van der Waals surface area contributed by atoms with Gasteiger partial charge in [0.25, 0.3) is 5.56 Å². The lowest BCUT2D eigenvalue weighted by molar-refractivity contribution is 0.309. The standard InChI is InChI=1S/C22H20ClFN6O3S/c23-16-4-1-5-18(11-16)34(32,33)29-10-2-3-15(13-29)20-25-21-19(22(31)26-20)27-28-30(21)12-14-6-8-17(24)9-7-14/h1,4-9,11,15H,2-3,10,12-13H2,(H,25,26,31). The Morgan fingerprint density at radius 3 is 2.74 bits per heavy atom. The van der Waals surface area contributed by atoms with Crippen molar-refractivity contribution in [3.8, 4) is 0 Å². The Bertz CT molecular complexity index is 1520. The van der Waals surface area contributed by atoms with Gasteiger partial charge in [-0.1, -0.05) is 35.0 Å². The molecule has 3 heterocycles. The van der Waals surface area contributed by atoms with Crippen LogP contribution in [0.3, 0.4) is 0 Å². The van der Waals surface area contributed by atoms with Gasteiger partial charge in [-0.15, -0.1) is 5.10 Å². The Morgan fingerprint density at radius 1 is 1.18 bits per heavy atom. The van der Waals surface area contributed by atoms with Gasteiger partial charge in [-0.05, 0) is 48.7 Å². The predicted molar refractivity (Wildman–Crippen MR) is 124 cm³/mol. The summed E-state index contributed by atoms with van der Waals surface area (Å²) in [6, 6.07) is 12.1. The van der Waals surface area contributed by atoms with Crippen LogP contribution in [0.25, 0.3) is 11.2 Å². The number of piperidine rings is 1. The Balaban J connectivity index is 1.45. The third kappa shape index (κ3) is 4.33. The van der Waals surface area contributed by atoms with Gasteiger partial charge in [-0.25, -0.2) is 22.5 Å². The van der Waals surface area contributed by atoms with Gasteiger partial charge in [0.2, 0.25) is 10.0 Å². The zero-order chi connectivity index (χ0) is 23.9. The highest BCUT2D eigenvalue weighted by Crippen LogP contribution is 2.29. The molecule has 1 unspecified atom stereocenters. The highest BCUT2D eigenvalue weighted by molar-refractivity contribution is 7.89. The molecule has 34 heavy (non-hydrogen) atoms. The Morgan fingerprint density at radius 2 is 1.97 bits per heavy atom. The van der Waals surface area contributed by atoms with E-state index in [4.69, 9.17) is 11.6 Å². The van der Waals surface area contributed by atoms with Gasteiger partial charge in [0.15, 0.2) is 11.2 Å². The molecule has 0 spiro atoms. The molecule has 0 amide bonds. The van der Waals surface area contributed by atoms with Crippen molar-refractivity contribution in [2.24, 2.45) is 0 Å². The average molecular weight is 503 g/mol. The van der Waals surface area contributed by atoms with Crippen LogP contribution in [-0.4, -0.2) is 50.8 Å². The minimum absolute atomic E-state index is 0.0880. The second-order valence-electron chi connectivity index (χ2n) is 8.16.